The van der Waals surface area contributed by atoms with Crippen molar-refractivity contribution >= 4 is 15.9 Å². The van der Waals surface area contributed by atoms with Gasteiger partial charge in [-0.2, -0.15) is 5.10 Å². The number of benzene rings is 1. The maximum atomic E-state index is 5.72. The van der Waals surface area contributed by atoms with Gasteiger partial charge in [0.25, 0.3) is 0 Å². The third-order valence-electron chi connectivity index (χ3n) is 3.08. The molecule has 1 aromatic carbocycles. The lowest BCUT2D eigenvalue weighted by Crippen LogP contribution is -2.12. The fraction of sp³-hybridized carbons (Fsp3) is 0.357. The van der Waals surface area contributed by atoms with Gasteiger partial charge in [0, 0.05) is 31.3 Å². The first kappa shape index (κ1) is 13.5. The summed E-state index contributed by atoms with van der Waals surface area (Å²) in [5.74, 6) is 1.62. The first-order chi connectivity index (χ1) is 9.83. The largest absolute Gasteiger partial charge is 0.490 e. The molecule has 0 radical (unpaired) electrons. The van der Waals surface area contributed by atoms with Crippen molar-refractivity contribution in [1.82, 2.24) is 15.5 Å². The number of halogens is 1. The van der Waals surface area contributed by atoms with Gasteiger partial charge < -0.3 is 14.8 Å². The van der Waals surface area contributed by atoms with Crippen molar-refractivity contribution in [3.63, 3.8) is 0 Å². The van der Waals surface area contributed by atoms with Gasteiger partial charge in [0.05, 0.1) is 23.9 Å². The molecule has 0 unspecified atom stereocenters. The van der Waals surface area contributed by atoms with Crippen LogP contribution in [0.1, 0.15) is 17.5 Å². The van der Waals surface area contributed by atoms with E-state index in [1.54, 1.807) is 0 Å². The molecular formula is C14H16BrN3O2. The Morgan fingerprint density at radius 1 is 1.20 bits per heavy atom. The molecule has 6 heteroatoms. The van der Waals surface area contributed by atoms with E-state index in [1.807, 2.05) is 18.5 Å². The number of nitrogens with one attached hydrogen (secondary N) is 2. The molecule has 2 aromatic rings. The maximum absolute atomic E-state index is 5.72. The molecule has 1 aromatic heterocycles. The Morgan fingerprint density at radius 2 is 2.05 bits per heavy atom. The van der Waals surface area contributed by atoms with Crippen LogP contribution in [-0.4, -0.2) is 23.4 Å². The van der Waals surface area contributed by atoms with E-state index in [-0.39, 0.29) is 0 Å². The number of H-pyrrole nitrogens is 1. The molecule has 20 heavy (non-hydrogen) atoms. The van der Waals surface area contributed by atoms with Gasteiger partial charge >= 0.3 is 0 Å². The van der Waals surface area contributed by atoms with Crippen LogP contribution in [0, 0.1) is 0 Å². The molecule has 0 aliphatic carbocycles. The standard InChI is InChI=1S/C14H16BrN3O2/c15-12-4-10(6-16-7-11-8-17-18-9-11)5-13-14(12)20-3-1-2-19-13/h4-5,8-9,16H,1-3,6-7H2,(H,17,18). The van der Waals surface area contributed by atoms with Gasteiger partial charge in [-0.15, -0.1) is 0 Å². The van der Waals surface area contributed by atoms with E-state index in [0.717, 1.165) is 46.6 Å². The number of aromatic nitrogens is 2. The first-order valence-corrected chi connectivity index (χ1v) is 7.38. The van der Waals surface area contributed by atoms with E-state index in [2.05, 4.69) is 37.5 Å². The van der Waals surface area contributed by atoms with Crippen molar-refractivity contribution in [2.24, 2.45) is 0 Å². The van der Waals surface area contributed by atoms with Crippen LogP contribution in [0.2, 0.25) is 0 Å². The molecular weight excluding hydrogens is 322 g/mol. The zero-order valence-electron chi connectivity index (χ0n) is 11.0. The SMILES string of the molecule is Brc1cc(CNCc2cn[nH]c2)cc2c1OCCCO2. The van der Waals surface area contributed by atoms with Crippen LogP contribution in [0.3, 0.4) is 0 Å². The first-order valence-electron chi connectivity index (χ1n) is 6.59. The minimum Gasteiger partial charge on any atom is -0.490 e. The van der Waals surface area contributed by atoms with E-state index in [0.29, 0.717) is 13.2 Å². The van der Waals surface area contributed by atoms with Crippen LogP contribution in [0.25, 0.3) is 0 Å². The second-order valence-electron chi connectivity index (χ2n) is 4.67. The van der Waals surface area contributed by atoms with Gasteiger partial charge in [0.15, 0.2) is 11.5 Å². The lowest BCUT2D eigenvalue weighted by atomic mass is 10.2. The predicted molar refractivity (Wildman–Crippen MR) is 78.9 cm³/mol. The van der Waals surface area contributed by atoms with Crippen molar-refractivity contribution in [1.29, 1.82) is 0 Å². The highest BCUT2D eigenvalue weighted by atomic mass is 79.9. The summed E-state index contributed by atoms with van der Waals surface area (Å²) in [6, 6.07) is 4.10. The molecule has 1 aliphatic rings. The topological polar surface area (TPSA) is 59.2 Å². The van der Waals surface area contributed by atoms with Gasteiger partial charge in [-0.25, -0.2) is 0 Å². The van der Waals surface area contributed by atoms with Gasteiger partial charge in [-0.05, 0) is 33.6 Å². The van der Waals surface area contributed by atoms with E-state index in [4.69, 9.17) is 9.47 Å². The predicted octanol–water partition coefficient (Wildman–Crippen LogP) is 2.62. The molecule has 0 amide bonds. The highest BCUT2D eigenvalue weighted by Gasteiger charge is 2.15. The second-order valence-corrected chi connectivity index (χ2v) is 5.52. The van der Waals surface area contributed by atoms with Gasteiger partial charge in [-0.3, -0.25) is 5.10 Å². The highest BCUT2D eigenvalue weighted by Crippen LogP contribution is 2.38. The maximum Gasteiger partial charge on any atom is 0.175 e. The smallest absolute Gasteiger partial charge is 0.175 e. The fourth-order valence-electron chi connectivity index (χ4n) is 2.11. The lowest BCUT2D eigenvalue weighted by Gasteiger charge is -2.12. The van der Waals surface area contributed by atoms with Gasteiger partial charge in [0.1, 0.15) is 0 Å². The molecule has 0 fully saturated rings. The third-order valence-corrected chi connectivity index (χ3v) is 3.66. The molecule has 1 aliphatic heterocycles. The van der Waals surface area contributed by atoms with Crippen LogP contribution < -0.4 is 14.8 Å². The molecule has 2 N–H and O–H groups in total. The molecule has 106 valence electrons. The molecule has 2 heterocycles. The lowest BCUT2D eigenvalue weighted by molar-refractivity contribution is 0.296. The summed E-state index contributed by atoms with van der Waals surface area (Å²) in [6.07, 6.45) is 4.61. The van der Waals surface area contributed by atoms with Crippen molar-refractivity contribution < 1.29 is 9.47 Å². The number of rotatable bonds is 4. The normalized spacial score (nSPS) is 14.1. The third kappa shape index (κ3) is 3.13. The summed E-state index contributed by atoms with van der Waals surface area (Å²) in [5, 5.41) is 10.1. The summed E-state index contributed by atoms with van der Waals surface area (Å²) in [5.41, 5.74) is 2.29. The summed E-state index contributed by atoms with van der Waals surface area (Å²) >= 11 is 3.55. The second kappa shape index (κ2) is 6.28. The van der Waals surface area contributed by atoms with Gasteiger partial charge in [0.2, 0.25) is 0 Å². The minimum absolute atomic E-state index is 0.698. The molecule has 5 nitrogen and oxygen atoms in total. The van der Waals surface area contributed by atoms with Crippen LogP contribution in [0.4, 0.5) is 0 Å². The Morgan fingerprint density at radius 3 is 2.90 bits per heavy atom. The number of hydrogen-bond donors (Lipinski definition) is 2. The average molecular weight is 338 g/mol. The summed E-state index contributed by atoms with van der Waals surface area (Å²) in [6.45, 7) is 2.94. The van der Waals surface area contributed by atoms with Crippen LogP contribution >= 0.6 is 15.9 Å². The van der Waals surface area contributed by atoms with Crippen LogP contribution in [0.5, 0.6) is 11.5 Å². The van der Waals surface area contributed by atoms with Crippen molar-refractivity contribution in [2.45, 2.75) is 19.5 Å². The summed E-state index contributed by atoms with van der Waals surface area (Å²) in [4.78, 5) is 0. The Balaban J connectivity index is 1.67. The minimum atomic E-state index is 0.698. The van der Waals surface area contributed by atoms with Gasteiger partial charge in [-0.1, -0.05) is 0 Å². The average Bonchev–Trinajstić information content (AvgIpc) is 2.83. The quantitative estimate of drug-likeness (QED) is 0.900. The number of hydrogen-bond acceptors (Lipinski definition) is 4. The number of fused-ring (bicyclic) bond motifs is 1. The summed E-state index contributed by atoms with van der Waals surface area (Å²) < 4.78 is 12.4. The zero-order chi connectivity index (χ0) is 13.8. The van der Waals surface area contributed by atoms with E-state index in [9.17, 15) is 0 Å². The zero-order valence-corrected chi connectivity index (χ0v) is 12.6. The number of ether oxygens (including phenoxy) is 2. The highest BCUT2D eigenvalue weighted by molar-refractivity contribution is 9.10. The van der Waals surface area contributed by atoms with Crippen molar-refractivity contribution in [3.8, 4) is 11.5 Å². The van der Waals surface area contributed by atoms with E-state index >= 15 is 0 Å². The fourth-order valence-corrected chi connectivity index (χ4v) is 2.72. The van der Waals surface area contributed by atoms with E-state index in [1.165, 1.54) is 0 Å². The molecule has 0 atom stereocenters. The molecule has 0 saturated heterocycles. The molecule has 0 spiro atoms. The van der Waals surface area contributed by atoms with Crippen LogP contribution in [-0.2, 0) is 13.1 Å². The van der Waals surface area contributed by atoms with Crippen molar-refractivity contribution in [2.75, 3.05) is 13.2 Å². The Kier molecular flexibility index (Phi) is 4.22. The Labute approximate surface area is 125 Å². The van der Waals surface area contributed by atoms with Crippen molar-refractivity contribution in [3.05, 3.63) is 40.1 Å². The molecule has 0 bridgehead atoms. The summed E-state index contributed by atoms with van der Waals surface area (Å²) in [7, 11) is 0. The Bertz CT molecular complexity index is 572. The molecule has 3 rings (SSSR count). The number of aromatic amines is 1. The van der Waals surface area contributed by atoms with E-state index < -0.39 is 0 Å². The monoisotopic (exact) mass is 337 g/mol. The Hall–Kier alpha value is -1.53. The number of nitrogens with zero attached hydrogens (tertiary/aromatic N) is 1. The molecule has 0 saturated carbocycles. The van der Waals surface area contributed by atoms with Crippen LogP contribution in [0.15, 0.2) is 29.0 Å².